The number of benzene rings is 2. The first-order chi connectivity index (χ1) is 25.0. The molecule has 1 saturated carbocycles. The van der Waals surface area contributed by atoms with Crippen LogP contribution in [0.2, 0.25) is 5.02 Å². The Bertz CT molecular complexity index is 1900. The quantitative estimate of drug-likeness (QED) is 0.397. The van der Waals surface area contributed by atoms with E-state index in [0.29, 0.717) is 42.6 Å². The molecule has 2 bridgehead atoms. The molecule has 6 atom stereocenters. The molecule has 2 N–H and O–H groups in total. The number of β-amino-alcohol motifs (C(OH)–C–C–N with tert-alkyl or cyclic N) is 1. The number of sulfonamides is 1. The van der Waals surface area contributed by atoms with Crippen LogP contribution >= 0.6 is 11.6 Å². The van der Waals surface area contributed by atoms with E-state index in [1.54, 1.807) is 32.0 Å². The van der Waals surface area contributed by atoms with E-state index in [4.69, 9.17) is 21.1 Å². The maximum atomic E-state index is 13.5. The zero-order chi connectivity index (χ0) is 37.9. The van der Waals surface area contributed by atoms with Gasteiger partial charge in [-0.25, -0.2) is 13.1 Å². The van der Waals surface area contributed by atoms with Crippen LogP contribution in [0.1, 0.15) is 67.4 Å². The summed E-state index contributed by atoms with van der Waals surface area (Å²) in [6.07, 6.45) is 2.87. The number of amides is 2. The van der Waals surface area contributed by atoms with E-state index in [0.717, 1.165) is 42.6 Å². The van der Waals surface area contributed by atoms with E-state index in [1.165, 1.54) is 5.56 Å². The summed E-state index contributed by atoms with van der Waals surface area (Å²) in [5.74, 6) is -1.17. The summed E-state index contributed by atoms with van der Waals surface area (Å²) >= 11 is 6.41. The third kappa shape index (κ3) is 7.28. The van der Waals surface area contributed by atoms with Gasteiger partial charge in [-0.15, -0.1) is 0 Å². The van der Waals surface area contributed by atoms with Gasteiger partial charge in [-0.05, 0) is 105 Å². The lowest BCUT2D eigenvalue weighted by molar-refractivity contribution is -0.297. The molecule has 2 fully saturated rings. The van der Waals surface area contributed by atoms with Gasteiger partial charge in [0.2, 0.25) is 15.9 Å². The Morgan fingerprint density at radius 3 is 2.62 bits per heavy atom. The van der Waals surface area contributed by atoms with Crippen LogP contribution in [0.3, 0.4) is 0 Å². The van der Waals surface area contributed by atoms with Gasteiger partial charge in [0.1, 0.15) is 12.4 Å². The second-order valence-electron chi connectivity index (χ2n) is 15.7. The van der Waals surface area contributed by atoms with Crippen molar-refractivity contribution in [3.63, 3.8) is 0 Å². The first kappa shape index (κ1) is 38.0. The standard InChI is InChI=1S/C38H45ClF3N3O7S/c1-23-5-3-7-32(51-18-34(46)45-20-37(48,21-45)38(40,41)42)29-11-8-27(29)17-44-19-36(14-4-6-25-15-28(39)10-12-30(25)36)22-52-33-13-9-26(16-31(33)44)35(47)43-53(49,50)24(23)2/h3,7,9-10,12-13,15-16,23-24,27,29,32,48H,4-6,8,11,14,17-22H2,1-2H3,(H,43,47)/b7-3-/t23-,24+,27-,29+,32-,36-/m0/s1. The monoisotopic (exact) mass is 779 g/mol. The number of allylic oxidation sites excluding steroid dienone is 1. The number of rotatable bonds is 3. The van der Waals surface area contributed by atoms with Crippen molar-refractivity contribution in [2.75, 3.05) is 44.3 Å². The van der Waals surface area contributed by atoms with Crippen molar-refractivity contribution < 1.29 is 45.8 Å². The lowest BCUT2D eigenvalue weighted by Crippen LogP contribution is -2.70. The molecule has 10 nitrogen and oxygen atoms in total. The number of hydrogen-bond acceptors (Lipinski definition) is 8. The van der Waals surface area contributed by atoms with Crippen LogP contribution in [-0.4, -0.2) is 92.8 Å². The minimum atomic E-state index is -4.84. The number of carbonyl (C=O) groups is 2. The summed E-state index contributed by atoms with van der Waals surface area (Å²) in [4.78, 5) is 29.6. The highest BCUT2D eigenvalue weighted by molar-refractivity contribution is 7.90. The number of nitrogens with zero attached hydrogens (tertiary/aromatic N) is 2. The van der Waals surface area contributed by atoms with E-state index >= 15 is 0 Å². The Morgan fingerprint density at radius 2 is 1.91 bits per heavy atom. The predicted molar refractivity (Wildman–Crippen MR) is 193 cm³/mol. The summed E-state index contributed by atoms with van der Waals surface area (Å²) in [6.45, 7) is 2.66. The van der Waals surface area contributed by atoms with Gasteiger partial charge in [-0.1, -0.05) is 36.7 Å². The third-order valence-electron chi connectivity index (χ3n) is 12.2. The number of halogens is 4. The lowest BCUT2D eigenvalue weighted by atomic mass is 9.68. The molecule has 7 rings (SSSR count). The fourth-order valence-electron chi connectivity index (χ4n) is 8.52. The van der Waals surface area contributed by atoms with E-state index in [2.05, 4.69) is 15.7 Å². The summed E-state index contributed by atoms with van der Waals surface area (Å²) in [6, 6.07) is 11.0. The number of likely N-dealkylation sites (tertiary alicyclic amines) is 1. The van der Waals surface area contributed by atoms with Gasteiger partial charge >= 0.3 is 6.18 Å². The number of fused-ring (bicyclic) bond motifs is 4. The van der Waals surface area contributed by atoms with Crippen LogP contribution in [0, 0.1) is 17.8 Å². The topological polar surface area (TPSA) is 125 Å². The predicted octanol–water partition coefficient (Wildman–Crippen LogP) is 5.40. The van der Waals surface area contributed by atoms with Gasteiger partial charge in [0.25, 0.3) is 5.91 Å². The Labute approximate surface area is 312 Å². The Hall–Kier alpha value is -3.33. The first-order valence-electron chi connectivity index (χ1n) is 18.2. The molecule has 53 heavy (non-hydrogen) atoms. The van der Waals surface area contributed by atoms with E-state index in [-0.39, 0.29) is 17.4 Å². The normalized spacial score (nSPS) is 31.5. The van der Waals surface area contributed by atoms with E-state index in [9.17, 15) is 36.3 Å². The fourth-order valence-corrected chi connectivity index (χ4v) is 10.00. The van der Waals surface area contributed by atoms with Gasteiger partial charge in [0.15, 0.2) is 5.60 Å². The average Bonchev–Trinajstić information content (AvgIpc) is 3.22. The van der Waals surface area contributed by atoms with Crippen molar-refractivity contribution >= 4 is 39.1 Å². The Balaban J connectivity index is 1.21. The summed E-state index contributed by atoms with van der Waals surface area (Å²) in [7, 11) is -4.08. The molecule has 2 aromatic rings. The molecule has 15 heteroatoms. The second-order valence-corrected chi connectivity index (χ2v) is 18.1. The molecule has 5 aliphatic rings. The fraction of sp³-hybridized carbons (Fsp3) is 0.579. The number of hydrogen-bond donors (Lipinski definition) is 2. The zero-order valence-corrected chi connectivity index (χ0v) is 31.3. The SMILES string of the molecule is C[C@@H]1[C@@H](C)C/C=C\[C@H](OCC(=O)N2CC(O)(C(F)(F)F)C2)[C@@H]2CC[C@H]2CN2C[C@@]3(CCCc4cc(Cl)ccc43)COc3ccc(cc32)C(=O)NS1(=O)=O. The number of alkyl halides is 3. The van der Waals surface area contributed by atoms with Gasteiger partial charge in [-0.2, -0.15) is 13.2 Å². The largest absolute Gasteiger partial charge is 0.490 e. The van der Waals surface area contributed by atoms with Crippen LogP contribution in [0.5, 0.6) is 5.75 Å². The molecule has 288 valence electrons. The minimum absolute atomic E-state index is 0.0561. The number of ether oxygens (including phenoxy) is 2. The summed E-state index contributed by atoms with van der Waals surface area (Å²) in [5, 5.41) is 9.60. The maximum Gasteiger partial charge on any atom is 0.420 e. The lowest BCUT2D eigenvalue weighted by Gasteiger charge is -2.47. The van der Waals surface area contributed by atoms with Gasteiger partial charge in [-0.3, -0.25) is 9.59 Å². The molecular weight excluding hydrogens is 735 g/mol. The third-order valence-corrected chi connectivity index (χ3v) is 14.3. The van der Waals surface area contributed by atoms with Crippen molar-refractivity contribution in [1.82, 2.24) is 9.62 Å². The first-order valence-corrected chi connectivity index (χ1v) is 20.1. The van der Waals surface area contributed by atoms with Crippen LogP contribution in [-0.2, 0) is 31.4 Å². The summed E-state index contributed by atoms with van der Waals surface area (Å²) < 4.78 is 81.5. The van der Waals surface area contributed by atoms with Gasteiger partial charge in [0, 0.05) is 29.1 Å². The van der Waals surface area contributed by atoms with Crippen molar-refractivity contribution in [1.29, 1.82) is 0 Å². The minimum Gasteiger partial charge on any atom is -0.490 e. The van der Waals surface area contributed by atoms with Crippen LogP contribution in [0.25, 0.3) is 0 Å². The number of nitrogens with one attached hydrogen (secondary N) is 1. The number of anilines is 1. The van der Waals surface area contributed by atoms with Crippen molar-refractivity contribution in [2.45, 2.75) is 80.9 Å². The zero-order valence-electron chi connectivity index (χ0n) is 29.7. The average molecular weight is 780 g/mol. The number of aryl methyl sites for hydroxylation is 1. The van der Waals surface area contributed by atoms with Crippen LogP contribution < -0.4 is 14.4 Å². The Morgan fingerprint density at radius 1 is 1.13 bits per heavy atom. The van der Waals surface area contributed by atoms with E-state index in [1.807, 2.05) is 24.3 Å². The number of carbonyl (C=O) groups excluding carboxylic acids is 2. The number of aliphatic hydroxyl groups is 1. The molecule has 3 aliphatic heterocycles. The van der Waals surface area contributed by atoms with Crippen LogP contribution in [0.15, 0.2) is 48.6 Å². The molecule has 0 aromatic heterocycles. The smallest absolute Gasteiger partial charge is 0.420 e. The molecular formula is C38H45ClF3N3O7S. The highest BCUT2D eigenvalue weighted by atomic mass is 35.5. The molecule has 0 unspecified atom stereocenters. The highest BCUT2D eigenvalue weighted by Crippen LogP contribution is 2.47. The van der Waals surface area contributed by atoms with Crippen LogP contribution in [0.4, 0.5) is 18.9 Å². The van der Waals surface area contributed by atoms with Gasteiger partial charge < -0.3 is 24.4 Å². The second kappa shape index (κ2) is 14.1. The van der Waals surface area contributed by atoms with Crippen molar-refractivity contribution in [3.8, 4) is 5.75 Å². The molecule has 2 amide bonds. The van der Waals surface area contributed by atoms with E-state index < -0.39 is 76.0 Å². The highest BCUT2D eigenvalue weighted by Gasteiger charge is 2.62. The molecule has 0 radical (unpaired) electrons. The molecule has 1 saturated heterocycles. The Kier molecular flexibility index (Phi) is 10.1. The van der Waals surface area contributed by atoms with Crippen molar-refractivity contribution in [2.24, 2.45) is 17.8 Å². The molecule has 1 spiro atoms. The summed E-state index contributed by atoms with van der Waals surface area (Å²) in [5.41, 5.74) is -0.130. The van der Waals surface area contributed by atoms with Crippen molar-refractivity contribution in [3.05, 3.63) is 70.3 Å². The molecule has 2 aromatic carbocycles. The molecule has 2 aliphatic carbocycles. The molecule has 3 heterocycles. The maximum absolute atomic E-state index is 13.5. The van der Waals surface area contributed by atoms with Gasteiger partial charge in [0.05, 0.1) is 36.7 Å².